The number of hydrogen-bond acceptors (Lipinski definition) is 6. The van der Waals surface area contributed by atoms with E-state index in [0.29, 0.717) is 60.4 Å². The highest BCUT2D eigenvalue weighted by atomic mass is 16.5. The van der Waals surface area contributed by atoms with Gasteiger partial charge in [-0.25, -0.2) is 9.97 Å². The summed E-state index contributed by atoms with van der Waals surface area (Å²) in [7, 11) is 1.60. The van der Waals surface area contributed by atoms with Gasteiger partial charge in [-0.3, -0.25) is 9.59 Å². The number of benzene rings is 1. The lowest BCUT2D eigenvalue weighted by Crippen LogP contribution is -2.50. The predicted molar refractivity (Wildman–Crippen MR) is 138 cm³/mol. The third-order valence-corrected chi connectivity index (χ3v) is 7.12. The molecule has 9 nitrogen and oxygen atoms in total. The van der Waals surface area contributed by atoms with Gasteiger partial charge in [0.15, 0.2) is 11.5 Å². The molecule has 1 saturated carbocycles. The highest BCUT2D eigenvalue weighted by molar-refractivity contribution is 6.07. The third-order valence-electron chi connectivity index (χ3n) is 7.12. The molecular weight excluding hydrogens is 468 g/mol. The molecule has 6 rings (SSSR count). The minimum absolute atomic E-state index is 0.0374. The molecule has 4 heterocycles. The summed E-state index contributed by atoms with van der Waals surface area (Å²) >= 11 is 0. The molecule has 2 fully saturated rings. The average molecular weight is 497 g/mol. The molecular formula is C28H28N6O3. The van der Waals surface area contributed by atoms with Crippen molar-refractivity contribution in [1.82, 2.24) is 29.5 Å². The number of ether oxygens (including phenoxy) is 1. The van der Waals surface area contributed by atoms with Crippen LogP contribution < -0.4 is 4.74 Å². The van der Waals surface area contributed by atoms with Gasteiger partial charge in [0.2, 0.25) is 0 Å². The molecule has 0 bridgehead atoms. The largest absolute Gasteiger partial charge is 0.497 e. The molecule has 0 unspecified atom stereocenters. The summed E-state index contributed by atoms with van der Waals surface area (Å²) in [6.07, 6.45) is 3.88. The van der Waals surface area contributed by atoms with Gasteiger partial charge in [0.1, 0.15) is 5.75 Å². The molecule has 0 N–H and O–H groups in total. The average Bonchev–Trinajstić information content (AvgIpc) is 3.76. The molecule has 2 amide bonds. The smallest absolute Gasteiger partial charge is 0.254 e. The summed E-state index contributed by atoms with van der Waals surface area (Å²) in [5.41, 5.74) is 3.58. The van der Waals surface area contributed by atoms with Crippen LogP contribution in [0.2, 0.25) is 0 Å². The van der Waals surface area contributed by atoms with Crippen LogP contribution in [0.25, 0.3) is 16.9 Å². The Morgan fingerprint density at radius 2 is 1.65 bits per heavy atom. The summed E-state index contributed by atoms with van der Waals surface area (Å²) in [5, 5.41) is 5.47. The number of aromatic nitrogens is 4. The minimum atomic E-state index is -0.0467. The summed E-state index contributed by atoms with van der Waals surface area (Å²) in [6, 6.07) is 14.7. The maximum atomic E-state index is 13.9. The van der Waals surface area contributed by atoms with Crippen molar-refractivity contribution in [3.63, 3.8) is 0 Å². The Bertz CT molecular complexity index is 1470. The number of hydrogen-bond donors (Lipinski definition) is 0. The lowest BCUT2D eigenvalue weighted by molar-refractivity contribution is 0.0536. The third kappa shape index (κ3) is 4.30. The molecule has 188 valence electrons. The van der Waals surface area contributed by atoms with Crippen LogP contribution >= 0.6 is 0 Å². The van der Waals surface area contributed by atoms with E-state index in [4.69, 9.17) is 14.8 Å². The Morgan fingerprint density at radius 3 is 2.27 bits per heavy atom. The Kier molecular flexibility index (Phi) is 5.82. The normalized spacial score (nSPS) is 15.7. The van der Waals surface area contributed by atoms with Gasteiger partial charge in [-0.2, -0.15) is 9.78 Å². The molecule has 4 aromatic rings. The second-order valence-corrected chi connectivity index (χ2v) is 9.57. The topological polar surface area (TPSA) is 93.5 Å². The standard InChI is InChI=1S/C28H28N6O3/c1-18-25-22(17-23(19-6-7-19)30-26(25)34(31-18)24-5-3-4-12-29-24)28(36)33-15-13-32(14-16-33)27(35)20-8-10-21(37-2)11-9-20/h3-5,8-12,17,19H,6-7,13-16H2,1-2H3. The first-order chi connectivity index (χ1) is 18.0. The maximum absolute atomic E-state index is 13.9. The first-order valence-electron chi connectivity index (χ1n) is 12.6. The van der Waals surface area contributed by atoms with Gasteiger partial charge in [-0.1, -0.05) is 6.07 Å². The summed E-state index contributed by atoms with van der Waals surface area (Å²) in [5.74, 6) is 1.68. The molecule has 1 aliphatic heterocycles. The van der Waals surface area contributed by atoms with Crippen molar-refractivity contribution in [2.24, 2.45) is 0 Å². The van der Waals surface area contributed by atoms with Gasteiger partial charge in [0.05, 0.1) is 23.8 Å². The van der Waals surface area contributed by atoms with E-state index in [0.717, 1.165) is 29.6 Å². The van der Waals surface area contributed by atoms with Crippen LogP contribution in [-0.2, 0) is 0 Å². The molecule has 9 heteroatoms. The second-order valence-electron chi connectivity index (χ2n) is 9.57. The van der Waals surface area contributed by atoms with Crippen molar-refractivity contribution in [2.75, 3.05) is 33.3 Å². The SMILES string of the molecule is COc1ccc(C(=O)N2CCN(C(=O)c3cc(C4CC4)nc4c3c(C)nn4-c3ccccn3)CC2)cc1. The van der Waals surface area contributed by atoms with Gasteiger partial charge in [0.25, 0.3) is 11.8 Å². The first-order valence-corrected chi connectivity index (χ1v) is 12.6. The number of piperazine rings is 1. The van der Waals surface area contributed by atoms with E-state index in [9.17, 15) is 9.59 Å². The van der Waals surface area contributed by atoms with Gasteiger partial charge < -0.3 is 14.5 Å². The van der Waals surface area contributed by atoms with E-state index in [-0.39, 0.29) is 11.8 Å². The fourth-order valence-corrected chi connectivity index (χ4v) is 4.90. The maximum Gasteiger partial charge on any atom is 0.254 e. The number of fused-ring (bicyclic) bond motifs is 1. The zero-order chi connectivity index (χ0) is 25.5. The van der Waals surface area contributed by atoms with Crippen LogP contribution in [0.4, 0.5) is 0 Å². The minimum Gasteiger partial charge on any atom is -0.497 e. The Hall–Kier alpha value is -4.27. The number of carbonyl (C=O) groups is 2. The fourth-order valence-electron chi connectivity index (χ4n) is 4.90. The van der Waals surface area contributed by atoms with Crippen molar-refractivity contribution in [1.29, 1.82) is 0 Å². The van der Waals surface area contributed by atoms with Crippen molar-refractivity contribution in [3.05, 3.63) is 77.2 Å². The Labute approximate surface area is 214 Å². The molecule has 0 spiro atoms. The van der Waals surface area contributed by atoms with Crippen molar-refractivity contribution < 1.29 is 14.3 Å². The summed E-state index contributed by atoms with van der Waals surface area (Å²) < 4.78 is 6.92. The van der Waals surface area contributed by atoms with Crippen LogP contribution in [0.3, 0.4) is 0 Å². The van der Waals surface area contributed by atoms with Crippen LogP contribution in [0.1, 0.15) is 50.9 Å². The number of carbonyl (C=O) groups excluding carboxylic acids is 2. The Morgan fingerprint density at radius 1 is 0.946 bits per heavy atom. The van der Waals surface area contributed by atoms with Crippen LogP contribution in [0.5, 0.6) is 5.75 Å². The Balaban J connectivity index is 1.27. The number of amides is 2. The lowest BCUT2D eigenvalue weighted by atomic mass is 10.1. The first kappa shape index (κ1) is 23.1. The van der Waals surface area contributed by atoms with E-state index in [1.54, 1.807) is 47.2 Å². The van der Waals surface area contributed by atoms with Gasteiger partial charge in [-0.15, -0.1) is 0 Å². The van der Waals surface area contributed by atoms with E-state index >= 15 is 0 Å². The molecule has 37 heavy (non-hydrogen) atoms. The van der Waals surface area contributed by atoms with Crippen LogP contribution in [0, 0.1) is 6.92 Å². The fraction of sp³-hybridized carbons (Fsp3) is 0.321. The molecule has 1 saturated heterocycles. The molecule has 2 aliphatic rings. The van der Waals surface area contributed by atoms with Crippen molar-refractivity contribution >= 4 is 22.8 Å². The van der Waals surface area contributed by atoms with Crippen LogP contribution in [0.15, 0.2) is 54.7 Å². The van der Waals surface area contributed by atoms with E-state index in [2.05, 4.69) is 4.98 Å². The van der Waals surface area contributed by atoms with Gasteiger partial charge >= 0.3 is 0 Å². The predicted octanol–water partition coefficient (Wildman–Crippen LogP) is 3.61. The quantitative estimate of drug-likeness (QED) is 0.419. The van der Waals surface area contributed by atoms with Crippen molar-refractivity contribution in [3.8, 4) is 11.6 Å². The molecule has 3 aromatic heterocycles. The molecule has 0 atom stereocenters. The number of aryl methyl sites for hydroxylation is 1. The lowest BCUT2D eigenvalue weighted by Gasteiger charge is -2.35. The number of methoxy groups -OCH3 is 1. The van der Waals surface area contributed by atoms with E-state index in [1.165, 1.54) is 0 Å². The highest BCUT2D eigenvalue weighted by Gasteiger charge is 2.32. The summed E-state index contributed by atoms with van der Waals surface area (Å²) in [4.78, 5) is 39.9. The molecule has 0 radical (unpaired) electrons. The molecule has 1 aliphatic carbocycles. The number of nitrogens with zero attached hydrogens (tertiary/aromatic N) is 6. The van der Waals surface area contributed by atoms with E-state index in [1.807, 2.05) is 36.1 Å². The molecule has 1 aromatic carbocycles. The second kappa shape index (κ2) is 9.31. The van der Waals surface area contributed by atoms with E-state index < -0.39 is 0 Å². The number of pyridine rings is 2. The zero-order valence-electron chi connectivity index (χ0n) is 20.9. The van der Waals surface area contributed by atoms with Crippen LogP contribution in [-0.4, -0.2) is 74.7 Å². The monoisotopic (exact) mass is 496 g/mol. The van der Waals surface area contributed by atoms with Crippen molar-refractivity contribution in [2.45, 2.75) is 25.7 Å². The zero-order valence-corrected chi connectivity index (χ0v) is 20.9. The number of rotatable bonds is 5. The van der Waals surface area contributed by atoms with Gasteiger partial charge in [0, 0.05) is 49.6 Å². The van der Waals surface area contributed by atoms with Gasteiger partial charge in [-0.05, 0) is 62.2 Å². The highest BCUT2D eigenvalue weighted by Crippen LogP contribution is 2.41. The summed E-state index contributed by atoms with van der Waals surface area (Å²) in [6.45, 7) is 3.80.